The van der Waals surface area contributed by atoms with Crippen LogP contribution >= 0.6 is 0 Å². The molecule has 7 nitrogen and oxygen atoms in total. The predicted molar refractivity (Wildman–Crippen MR) is 60.3 cm³/mol. The molecule has 1 unspecified atom stereocenters. The average Bonchev–Trinajstić information content (AvgIpc) is 2.80. The SMILES string of the molecule is COC(=O)C(N)CN1CCn2c(nnc2C(F)(F)F)C1. The van der Waals surface area contributed by atoms with Gasteiger partial charge in [0.25, 0.3) is 0 Å². The first-order valence-corrected chi connectivity index (χ1v) is 5.88. The number of hydrogen-bond acceptors (Lipinski definition) is 6. The molecular weight excluding hydrogens is 279 g/mol. The Bertz CT molecular complexity index is 502. The summed E-state index contributed by atoms with van der Waals surface area (Å²) < 4.78 is 43.5. The van der Waals surface area contributed by atoms with Crippen molar-refractivity contribution in [2.24, 2.45) is 5.73 Å². The van der Waals surface area contributed by atoms with E-state index >= 15 is 0 Å². The molecule has 112 valence electrons. The number of methoxy groups -OCH3 is 1. The van der Waals surface area contributed by atoms with Crippen LogP contribution in [0.5, 0.6) is 0 Å². The molecule has 20 heavy (non-hydrogen) atoms. The minimum absolute atomic E-state index is 0.102. The van der Waals surface area contributed by atoms with Gasteiger partial charge in [0.05, 0.1) is 13.7 Å². The molecule has 2 rings (SSSR count). The van der Waals surface area contributed by atoms with Crippen LogP contribution in [0.4, 0.5) is 13.2 Å². The largest absolute Gasteiger partial charge is 0.468 e. The lowest BCUT2D eigenvalue weighted by molar-refractivity contribution is -0.148. The summed E-state index contributed by atoms with van der Waals surface area (Å²) in [6.45, 7) is 0.790. The van der Waals surface area contributed by atoms with Crippen molar-refractivity contribution in [3.63, 3.8) is 0 Å². The standard InChI is InChI=1S/C10H14F3N5O2/c1-20-8(19)6(14)4-17-2-3-18-7(5-17)15-16-9(18)10(11,12)13/h6H,2-5,14H2,1H3. The van der Waals surface area contributed by atoms with Crippen LogP contribution in [0.15, 0.2) is 0 Å². The van der Waals surface area contributed by atoms with Crippen molar-refractivity contribution in [3.05, 3.63) is 11.6 Å². The van der Waals surface area contributed by atoms with Crippen LogP contribution < -0.4 is 5.73 Å². The van der Waals surface area contributed by atoms with Crippen molar-refractivity contribution in [1.29, 1.82) is 0 Å². The number of rotatable bonds is 3. The summed E-state index contributed by atoms with van der Waals surface area (Å²) in [6.07, 6.45) is -4.52. The van der Waals surface area contributed by atoms with E-state index in [2.05, 4.69) is 14.9 Å². The zero-order valence-electron chi connectivity index (χ0n) is 10.7. The Labute approximate surface area is 112 Å². The number of carbonyl (C=O) groups is 1. The molecule has 0 amide bonds. The van der Waals surface area contributed by atoms with Crippen molar-refractivity contribution < 1.29 is 22.7 Å². The molecule has 0 bridgehead atoms. The third-order valence-electron chi connectivity index (χ3n) is 3.04. The normalized spacial score (nSPS) is 17.6. The van der Waals surface area contributed by atoms with Gasteiger partial charge in [-0.05, 0) is 0 Å². The fourth-order valence-corrected chi connectivity index (χ4v) is 2.08. The van der Waals surface area contributed by atoms with Crippen molar-refractivity contribution >= 4 is 5.97 Å². The number of alkyl halides is 3. The van der Waals surface area contributed by atoms with E-state index in [1.165, 1.54) is 7.11 Å². The van der Waals surface area contributed by atoms with E-state index in [-0.39, 0.29) is 25.5 Å². The number of ether oxygens (including phenoxy) is 1. The number of esters is 1. The summed E-state index contributed by atoms with van der Waals surface area (Å²) in [5.74, 6) is -1.35. The molecular formula is C10H14F3N5O2. The van der Waals surface area contributed by atoms with Gasteiger partial charge in [0, 0.05) is 19.6 Å². The van der Waals surface area contributed by atoms with Gasteiger partial charge in [0.15, 0.2) is 0 Å². The fraction of sp³-hybridized carbons (Fsp3) is 0.700. The van der Waals surface area contributed by atoms with Crippen LogP contribution in [0.2, 0.25) is 0 Å². The van der Waals surface area contributed by atoms with Crippen molar-refractivity contribution in [2.45, 2.75) is 25.3 Å². The second-order valence-corrected chi connectivity index (χ2v) is 4.45. The third-order valence-corrected chi connectivity index (χ3v) is 3.04. The molecule has 1 atom stereocenters. The lowest BCUT2D eigenvalue weighted by Crippen LogP contribution is -2.46. The second kappa shape index (κ2) is 5.37. The Balaban J connectivity index is 2.06. The van der Waals surface area contributed by atoms with Gasteiger partial charge in [-0.3, -0.25) is 9.69 Å². The first-order chi connectivity index (χ1) is 9.32. The van der Waals surface area contributed by atoms with Crippen molar-refractivity contribution in [3.8, 4) is 0 Å². The summed E-state index contributed by atoms with van der Waals surface area (Å²) in [5, 5.41) is 6.71. The van der Waals surface area contributed by atoms with E-state index in [1.54, 1.807) is 4.90 Å². The van der Waals surface area contributed by atoms with Crippen molar-refractivity contribution in [2.75, 3.05) is 20.2 Å². The van der Waals surface area contributed by atoms with E-state index < -0.39 is 24.0 Å². The molecule has 2 N–H and O–H groups in total. The zero-order chi connectivity index (χ0) is 14.9. The van der Waals surface area contributed by atoms with Gasteiger partial charge in [-0.25, -0.2) is 0 Å². The van der Waals surface area contributed by atoms with E-state index in [0.29, 0.717) is 6.54 Å². The first kappa shape index (κ1) is 14.7. The number of carbonyl (C=O) groups excluding carboxylic acids is 1. The molecule has 0 spiro atoms. The number of fused-ring (bicyclic) bond motifs is 1. The molecule has 0 aromatic carbocycles. The minimum atomic E-state index is -4.52. The Kier molecular flexibility index (Phi) is 3.95. The van der Waals surface area contributed by atoms with Crippen LogP contribution in [-0.4, -0.2) is 51.9 Å². The van der Waals surface area contributed by atoms with Gasteiger partial charge in [-0.2, -0.15) is 13.2 Å². The lowest BCUT2D eigenvalue weighted by Gasteiger charge is -2.29. The van der Waals surface area contributed by atoms with Gasteiger partial charge in [0.2, 0.25) is 5.82 Å². The number of hydrogen-bond donors (Lipinski definition) is 1. The third kappa shape index (κ3) is 2.90. The highest BCUT2D eigenvalue weighted by Crippen LogP contribution is 2.29. The van der Waals surface area contributed by atoms with Crippen LogP contribution in [0.3, 0.4) is 0 Å². The number of nitrogens with two attached hydrogens (primary N) is 1. The monoisotopic (exact) mass is 293 g/mol. The van der Waals surface area contributed by atoms with E-state index in [0.717, 1.165) is 4.57 Å². The van der Waals surface area contributed by atoms with Crippen LogP contribution in [-0.2, 0) is 28.8 Å². The molecule has 0 saturated carbocycles. The highest BCUT2D eigenvalue weighted by Gasteiger charge is 2.39. The van der Waals surface area contributed by atoms with Crippen LogP contribution in [0.1, 0.15) is 11.6 Å². The number of halogens is 3. The highest BCUT2D eigenvalue weighted by molar-refractivity contribution is 5.75. The molecule has 10 heteroatoms. The van der Waals surface area contributed by atoms with Gasteiger partial charge in [0.1, 0.15) is 11.9 Å². The van der Waals surface area contributed by atoms with Gasteiger partial charge >= 0.3 is 12.1 Å². The number of aromatic nitrogens is 3. The Hall–Kier alpha value is -1.68. The number of nitrogens with zero attached hydrogens (tertiary/aromatic N) is 4. The minimum Gasteiger partial charge on any atom is -0.468 e. The van der Waals surface area contributed by atoms with Crippen LogP contribution in [0.25, 0.3) is 0 Å². The molecule has 0 radical (unpaired) electrons. The summed E-state index contributed by atoms with van der Waals surface area (Å²) in [7, 11) is 1.23. The maximum atomic E-state index is 12.6. The molecule has 2 heterocycles. The molecule has 1 aromatic heterocycles. The molecule has 1 aliphatic rings. The summed E-state index contributed by atoms with van der Waals surface area (Å²) in [6, 6.07) is -0.837. The summed E-state index contributed by atoms with van der Waals surface area (Å²) in [4.78, 5) is 13.0. The van der Waals surface area contributed by atoms with E-state index in [1.807, 2.05) is 0 Å². The highest BCUT2D eigenvalue weighted by atomic mass is 19.4. The predicted octanol–water partition coefficient (Wildman–Crippen LogP) is -0.387. The maximum absolute atomic E-state index is 12.6. The van der Waals surface area contributed by atoms with Gasteiger partial charge < -0.3 is 15.0 Å². The van der Waals surface area contributed by atoms with E-state index in [9.17, 15) is 18.0 Å². The maximum Gasteiger partial charge on any atom is 0.451 e. The first-order valence-electron chi connectivity index (χ1n) is 5.88. The topological polar surface area (TPSA) is 86.3 Å². The lowest BCUT2D eigenvalue weighted by atomic mass is 10.2. The van der Waals surface area contributed by atoms with Crippen LogP contribution in [0, 0.1) is 0 Å². The molecule has 0 fully saturated rings. The summed E-state index contributed by atoms with van der Waals surface area (Å²) >= 11 is 0. The molecule has 1 aromatic rings. The zero-order valence-corrected chi connectivity index (χ0v) is 10.7. The smallest absolute Gasteiger partial charge is 0.451 e. The Morgan fingerprint density at radius 3 is 2.75 bits per heavy atom. The Morgan fingerprint density at radius 1 is 1.45 bits per heavy atom. The average molecular weight is 293 g/mol. The van der Waals surface area contributed by atoms with Gasteiger partial charge in [-0.15, -0.1) is 10.2 Å². The summed E-state index contributed by atoms with van der Waals surface area (Å²) in [5.41, 5.74) is 5.61. The second-order valence-electron chi connectivity index (χ2n) is 4.45. The van der Waals surface area contributed by atoms with Crippen molar-refractivity contribution in [1.82, 2.24) is 19.7 Å². The fourth-order valence-electron chi connectivity index (χ4n) is 2.08. The molecule has 0 saturated heterocycles. The van der Waals surface area contributed by atoms with Gasteiger partial charge in [-0.1, -0.05) is 0 Å². The molecule has 1 aliphatic heterocycles. The van der Waals surface area contributed by atoms with E-state index in [4.69, 9.17) is 5.73 Å². The Morgan fingerprint density at radius 2 is 2.15 bits per heavy atom. The quantitative estimate of drug-likeness (QED) is 0.764. The molecule has 0 aliphatic carbocycles.